The van der Waals surface area contributed by atoms with E-state index < -0.39 is 5.41 Å². The summed E-state index contributed by atoms with van der Waals surface area (Å²) in [7, 11) is 0. The molecule has 1 aliphatic heterocycles. The third-order valence-corrected chi connectivity index (χ3v) is 3.52. The maximum Gasteiger partial charge on any atom is 0.291 e. The first kappa shape index (κ1) is 12.6. The van der Waals surface area contributed by atoms with Crippen molar-refractivity contribution in [1.29, 1.82) is 0 Å². The van der Waals surface area contributed by atoms with Crippen LogP contribution >= 0.6 is 0 Å². The second-order valence-electron chi connectivity index (χ2n) is 5.02. The number of aryl methyl sites for hydroxylation is 1. The number of carbonyl (C=O) groups excluding carboxylic acids is 2. The van der Waals surface area contributed by atoms with Crippen LogP contribution in [0.4, 0.5) is 0 Å². The summed E-state index contributed by atoms with van der Waals surface area (Å²) < 4.78 is 5.09. The average Bonchev–Trinajstić information content (AvgIpc) is 2.74. The number of carbonyl (C=O) groups is 2. The number of amides is 2. The van der Waals surface area contributed by atoms with Crippen LogP contribution in [0.15, 0.2) is 10.8 Å². The van der Waals surface area contributed by atoms with Crippen molar-refractivity contribution in [1.82, 2.24) is 9.88 Å². The van der Waals surface area contributed by atoms with Gasteiger partial charge >= 0.3 is 0 Å². The first-order chi connectivity index (χ1) is 8.44. The smallest absolute Gasteiger partial charge is 0.291 e. The Labute approximate surface area is 105 Å². The second kappa shape index (κ2) is 4.44. The number of aromatic nitrogens is 1. The van der Waals surface area contributed by atoms with Crippen LogP contribution in [-0.2, 0) is 4.79 Å². The first-order valence-electron chi connectivity index (χ1n) is 5.93. The fourth-order valence-corrected chi connectivity index (χ4v) is 2.26. The zero-order valence-electron chi connectivity index (χ0n) is 10.6. The van der Waals surface area contributed by atoms with Crippen LogP contribution in [0.1, 0.15) is 36.0 Å². The minimum absolute atomic E-state index is 0.225. The SMILES string of the molecule is Cc1ncoc1C(=O)N1CCCC(C)(C(N)=O)C1. The molecule has 6 nitrogen and oxygen atoms in total. The Kier molecular flexibility index (Phi) is 3.11. The fraction of sp³-hybridized carbons (Fsp3) is 0.583. The van der Waals surface area contributed by atoms with Gasteiger partial charge in [-0.1, -0.05) is 0 Å². The molecule has 1 unspecified atom stereocenters. The molecule has 2 rings (SSSR count). The van der Waals surface area contributed by atoms with Crippen LogP contribution in [0.2, 0.25) is 0 Å². The minimum atomic E-state index is -0.651. The van der Waals surface area contributed by atoms with Crippen LogP contribution in [-0.4, -0.2) is 34.8 Å². The lowest BCUT2D eigenvalue weighted by Crippen LogP contribution is -2.50. The largest absolute Gasteiger partial charge is 0.438 e. The van der Waals surface area contributed by atoms with Crippen molar-refractivity contribution in [3.05, 3.63) is 17.8 Å². The highest BCUT2D eigenvalue weighted by Gasteiger charge is 2.38. The molecule has 1 atom stereocenters. The molecule has 2 heterocycles. The molecule has 1 aromatic heterocycles. The summed E-state index contributed by atoms with van der Waals surface area (Å²) in [6.45, 7) is 4.46. The standard InChI is InChI=1S/C12H17N3O3/c1-8-9(18-7-14-8)10(16)15-5-3-4-12(2,6-15)11(13)17/h7H,3-6H2,1-2H3,(H2,13,17). The Morgan fingerprint density at radius 1 is 1.56 bits per heavy atom. The van der Waals surface area contributed by atoms with Gasteiger partial charge < -0.3 is 15.1 Å². The van der Waals surface area contributed by atoms with E-state index in [9.17, 15) is 9.59 Å². The number of primary amides is 1. The maximum absolute atomic E-state index is 12.2. The highest BCUT2D eigenvalue weighted by atomic mass is 16.3. The summed E-state index contributed by atoms with van der Waals surface area (Å²) in [5.74, 6) is -0.352. The van der Waals surface area contributed by atoms with Crippen molar-refractivity contribution >= 4 is 11.8 Å². The number of oxazole rings is 1. The van der Waals surface area contributed by atoms with Gasteiger partial charge in [-0.15, -0.1) is 0 Å². The van der Waals surface area contributed by atoms with Gasteiger partial charge in [-0.2, -0.15) is 0 Å². The van der Waals surface area contributed by atoms with Gasteiger partial charge in [0.25, 0.3) is 5.91 Å². The molecule has 1 aromatic rings. The van der Waals surface area contributed by atoms with Crippen molar-refractivity contribution in [2.24, 2.45) is 11.1 Å². The van der Waals surface area contributed by atoms with Gasteiger partial charge in [-0.05, 0) is 26.7 Å². The molecule has 0 saturated carbocycles. The van der Waals surface area contributed by atoms with Crippen molar-refractivity contribution in [2.45, 2.75) is 26.7 Å². The molecule has 0 aliphatic carbocycles. The number of likely N-dealkylation sites (tertiary alicyclic amines) is 1. The zero-order chi connectivity index (χ0) is 13.3. The topological polar surface area (TPSA) is 89.4 Å². The Balaban J connectivity index is 2.17. The monoisotopic (exact) mass is 251 g/mol. The third kappa shape index (κ3) is 2.10. The van der Waals surface area contributed by atoms with Crippen LogP contribution in [0.5, 0.6) is 0 Å². The normalized spacial score (nSPS) is 24.0. The molecular formula is C12H17N3O3. The van der Waals surface area contributed by atoms with E-state index in [0.29, 0.717) is 25.2 Å². The van der Waals surface area contributed by atoms with Gasteiger partial charge in [-0.25, -0.2) is 4.98 Å². The third-order valence-electron chi connectivity index (χ3n) is 3.52. The summed E-state index contributed by atoms with van der Waals surface area (Å²) in [6.07, 6.45) is 2.72. The number of piperidine rings is 1. The highest BCUT2D eigenvalue weighted by molar-refractivity contribution is 5.93. The highest BCUT2D eigenvalue weighted by Crippen LogP contribution is 2.30. The lowest BCUT2D eigenvalue weighted by molar-refractivity contribution is -0.129. The number of hydrogen-bond acceptors (Lipinski definition) is 4. The lowest BCUT2D eigenvalue weighted by Gasteiger charge is -2.37. The van der Waals surface area contributed by atoms with Crippen LogP contribution in [0.25, 0.3) is 0 Å². The van der Waals surface area contributed by atoms with Gasteiger partial charge in [0.2, 0.25) is 11.7 Å². The fourth-order valence-electron chi connectivity index (χ4n) is 2.26. The van der Waals surface area contributed by atoms with Gasteiger partial charge in [0.05, 0.1) is 11.1 Å². The Hall–Kier alpha value is -1.85. The van der Waals surface area contributed by atoms with E-state index in [4.69, 9.17) is 10.2 Å². The number of nitrogens with two attached hydrogens (primary N) is 1. The summed E-state index contributed by atoms with van der Waals surface area (Å²) in [4.78, 5) is 29.2. The number of hydrogen-bond donors (Lipinski definition) is 1. The zero-order valence-corrected chi connectivity index (χ0v) is 10.6. The molecule has 1 aliphatic rings. The average molecular weight is 251 g/mol. The van der Waals surface area contributed by atoms with E-state index >= 15 is 0 Å². The van der Waals surface area contributed by atoms with Crippen molar-refractivity contribution in [3.8, 4) is 0 Å². The van der Waals surface area contributed by atoms with Gasteiger partial charge in [-0.3, -0.25) is 9.59 Å². The molecule has 0 aromatic carbocycles. The number of rotatable bonds is 2. The summed E-state index contributed by atoms with van der Waals surface area (Å²) in [6, 6.07) is 0. The van der Waals surface area contributed by atoms with E-state index in [2.05, 4.69) is 4.98 Å². The van der Waals surface area contributed by atoms with E-state index in [1.807, 2.05) is 0 Å². The number of nitrogens with zero attached hydrogens (tertiary/aromatic N) is 2. The molecule has 0 spiro atoms. The molecule has 0 radical (unpaired) electrons. The van der Waals surface area contributed by atoms with Crippen LogP contribution < -0.4 is 5.73 Å². The van der Waals surface area contributed by atoms with Crippen LogP contribution in [0, 0.1) is 12.3 Å². The molecule has 2 amide bonds. The van der Waals surface area contributed by atoms with E-state index in [-0.39, 0.29) is 17.6 Å². The van der Waals surface area contributed by atoms with E-state index in [1.54, 1.807) is 18.7 Å². The maximum atomic E-state index is 12.2. The Morgan fingerprint density at radius 2 is 2.28 bits per heavy atom. The predicted octanol–water partition coefficient (Wildman–Crippen LogP) is 0.711. The molecule has 0 bridgehead atoms. The molecule has 2 N–H and O–H groups in total. The van der Waals surface area contributed by atoms with E-state index in [1.165, 1.54) is 6.39 Å². The summed E-state index contributed by atoms with van der Waals surface area (Å²) in [5, 5.41) is 0. The Bertz CT molecular complexity index is 483. The van der Waals surface area contributed by atoms with Crippen molar-refractivity contribution in [3.63, 3.8) is 0 Å². The van der Waals surface area contributed by atoms with Gasteiger partial charge in [0.1, 0.15) is 0 Å². The van der Waals surface area contributed by atoms with Crippen LogP contribution in [0.3, 0.4) is 0 Å². The van der Waals surface area contributed by atoms with Gasteiger partial charge in [0, 0.05) is 13.1 Å². The molecule has 6 heteroatoms. The van der Waals surface area contributed by atoms with Crippen molar-refractivity contribution in [2.75, 3.05) is 13.1 Å². The predicted molar refractivity (Wildman–Crippen MR) is 63.7 cm³/mol. The first-order valence-corrected chi connectivity index (χ1v) is 5.93. The Morgan fingerprint density at radius 3 is 2.83 bits per heavy atom. The molecule has 98 valence electrons. The summed E-state index contributed by atoms with van der Waals surface area (Å²) >= 11 is 0. The summed E-state index contributed by atoms with van der Waals surface area (Å²) in [5.41, 5.74) is 5.31. The molecule has 18 heavy (non-hydrogen) atoms. The lowest BCUT2D eigenvalue weighted by atomic mass is 9.81. The quantitative estimate of drug-likeness (QED) is 0.838. The second-order valence-corrected chi connectivity index (χ2v) is 5.02. The minimum Gasteiger partial charge on any atom is -0.438 e. The van der Waals surface area contributed by atoms with Gasteiger partial charge in [0.15, 0.2) is 6.39 Å². The molecule has 1 saturated heterocycles. The van der Waals surface area contributed by atoms with Crippen molar-refractivity contribution < 1.29 is 14.0 Å². The van der Waals surface area contributed by atoms with E-state index in [0.717, 1.165) is 6.42 Å². The molecule has 1 fully saturated rings. The molecular weight excluding hydrogens is 234 g/mol.